The van der Waals surface area contributed by atoms with Gasteiger partial charge in [-0.2, -0.15) is 0 Å². The second-order valence-electron chi connectivity index (χ2n) is 12.2. The van der Waals surface area contributed by atoms with Gasteiger partial charge in [-0.15, -0.1) is 10.2 Å². The van der Waals surface area contributed by atoms with Gasteiger partial charge in [0.25, 0.3) is 11.5 Å². The Balaban J connectivity index is 1.29. The van der Waals surface area contributed by atoms with Crippen molar-refractivity contribution in [1.82, 2.24) is 29.2 Å². The van der Waals surface area contributed by atoms with Gasteiger partial charge in [0.15, 0.2) is 0 Å². The van der Waals surface area contributed by atoms with Crippen LogP contribution in [0.25, 0.3) is 16.6 Å². The number of aryl methyl sites for hydroxylation is 1. The van der Waals surface area contributed by atoms with Crippen LogP contribution in [0.5, 0.6) is 0 Å². The fourth-order valence-electron chi connectivity index (χ4n) is 7.06. The van der Waals surface area contributed by atoms with Crippen LogP contribution < -0.4 is 5.56 Å². The molecule has 0 bridgehead atoms. The van der Waals surface area contributed by atoms with Gasteiger partial charge in [-0.05, 0) is 79.8 Å². The van der Waals surface area contributed by atoms with E-state index in [2.05, 4.69) is 34.2 Å². The second-order valence-corrected chi connectivity index (χ2v) is 12.2. The molecule has 0 radical (unpaired) electrons. The number of hydrogen-bond donors (Lipinski definition) is 1. The number of nitrogens with one attached hydrogen (secondary N) is 1. The summed E-state index contributed by atoms with van der Waals surface area (Å²) in [6.45, 7) is 3.05. The van der Waals surface area contributed by atoms with Crippen molar-refractivity contribution in [1.29, 1.82) is 0 Å². The van der Waals surface area contributed by atoms with Gasteiger partial charge in [0.2, 0.25) is 0 Å². The first-order chi connectivity index (χ1) is 18.7. The van der Waals surface area contributed by atoms with Crippen molar-refractivity contribution in [2.24, 2.45) is 13.0 Å². The number of alkyl halides is 2. The lowest BCUT2D eigenvalue weighted by atomic mass is 9.58. The molecule has 1 saturated heterocycles. The maximum Gasteiger partial charge on any atom is 0.279 e. The van der Waals surface area contributed by atoms with Gasteiger partial charge >= 0.3 is 0 Å². The van der Waals surface area contributed by atoms with E-state index in [4.69, 9.17) is 0 Å². The smallest absolute Gasteiger partial charge is 0.279 e. The molecule has 7 nitrogen and oxygen atoms in total. The minimum Gasteiger partial charge on any atom is -0.353 e. The molecule has 1 aromatic carbocycles. The Morgan fingerprint density at radius 1 is 1.18 bits per heavy atom. The van der Waals surface area contributed by atoms with E-state index in [1.807, 2.05) is 36.0 Å². The lowest BCUT2D eigenvalue weighted by molar-refractivity contribution is -0.0663. The summed E-state index contributed by atoms with van der Waals surface area (Å²) in [5.41, 5.74) is 4.17. The highest BCUT2D eigenvalue weighted by atomic mass is 19.3. The third-order valence-corrected chi connectivity index (χ3v) is 8.98. The molecule has 2 saturated carbocycles. The molecule has 0 atom stereocenters. The van der Waals surface area contributed by atoms with Gasteiger partial charge in [0.1, 0.15) is 17.7 Å². The number of nitrogens with zero attached hydrogens (tertiary/aromatic N) is 5. The molecular formula is C30H34F2N6O. The number of likely N-dealkylation sites (tertiary alicyclic amines) is 1. The number of rotatable bonds is 6. The largest absolute Gasteiger partial charge is 0.353 e. The first-order valence-corrected chi connectivity index (χ1v) is 14.1. The van der Waals surface area contributed by atoms with Gasteiger partial charge in [-0.1, -0.05) is 19.1 Å². The number of pyridine rings is 1. The zero-order valence-electron chi connectivity index (χ0n) is 22.5. The number of halogens is 2. The molecule has 7 rings (SSSR count). The summed E-state index contributed by atoms with van der Waals surface area (Å²) in [4.78, 5) is 19.0. The minimum atomic E-state index is -2.65. The van der Waals surface area contributed by atoms with E-state index in [0.29, 0.717) is 36.9 Å². The molecule has 4 heterocycles. The molecule has 3 fully saturated rings. The Labute approximate surface area is 225 Å². The summed E-state index contributed by atoms with van der Waals surface area (Å²) in [5, 5.41) is 9.55. The normalized spacial score (nSPS) is 25.2. The number of aromatic amines is 1. The van der Waals surface area contributed by atoms with E-state index in [1.165, 1.54) is 0 Å². The molecule has 0 unspecified atom stereocenters. The van der Waals surface area contributed by atoms with Gasteiger partial charge in [-0.25, -0.2) is 8.78 Å². The molecule has 1 N–H and O–H groups in total. The van der Waals surface area contributed by atoms with Gasteiger partial charge in [-0.3, -0.25) is 14.3 Å². The molecule has 0 amide bonds. The highest BCUT2D eigenvalue weighted by molar-refractivity contribution is 5.84. The Morgan fingerprint density at radius 3 is 2.69 bits per heavy atom. The zero-order valence-corrected chi connectivity index (χ0v) is 22.5. The molecular weight excluding hydrogens is 498 g/mol. The fourth-order valence-corrected chi connectivity index (χ4v) is 7.06. The molecule has 2 aliphatic carbocycles. The monoisotopic (exact) mass is 532 g/mol. The van der Waals surface area contributed by atoms with Crippen LogP contribution in [0.1, 0.15) is 74.0 Å². The van der Waals surface area contributed by atoms with Crippen molar-refractivity contribution < 1.29 is 8.78 Å². The van der Waals surface area contributed by atoms with Gasteiger partial charge in [0, 0.05) is 43.0 Å². The maximum atomic E-state index is 14.0. The maximum absolute atomic E-state index is 14.0. The topological polar surface area (TPSA) is 71.7 Å². The molecule has 204 valence electrons. The van der Waals surface area contributed by atoms with E-state index < -0.39 is 5.92 Å². The SMILES string of the molecule is CC1CC(c2cccc(-n3cc(C4CC4)c4cc(CN5CCCC(F)(F)C5)[nH]c4c3=O)c2)(c2nncn2C)C1. The van der Waals surface area contributed by atoms with E-state index in [9.17, 15) is 13.6 Å². The average molecular weight is 533 g/mol. The van der Waals surface area contributed by atoms with Crippen LogP contribution in [0.3, 0.4) is 0 Å². The number of piperidine rings is 1. The third kappa shape index (κ3) is 4.22. The van der Waals surface area contributed by atoms with E-state index in [1.54, 1.807) is 15.8 Å². The lowest BCUT2D eigenvalue weighted by Gasteiger charge is -2.46. The quantitative estimate of drug-likeness (QED) is 0.367. The summed E-state index contributed by atoms with van der Waals surface area (Å²) in [6.07, 6.45) is 8.35. The van der Waals surface area contributed by atoms with Crippen LogP contribution in [0.2, 0.25) is 0 Å². The Bertz CT molecular complexity index is 1610. The van der Waals surface area contributed by atoms with Crippen LogP contribution >= 0.6 is 0 Å². The Kier molecular flexibility index (Phi) is 5.60. The van der Waals surface area contributed by atoms with Crippen molar-refractivity contribution >= 4 is 10.9 Å². The van der Waals surface area contributed by atoms with Crippen LogP contribution in [-0.4, -0.2) is 48.2 Å². The summed E-state index contributed by atoms with van der Waals surface area (Å²) in [7, 11) is 1.98. The average Bonchev–Trinajstić information content (AvgIpc) is 3.49. The molecule has 1 aliphatic heterocycles. The summed E-state index contributed by atoms with van der Waals surface area (Å²) in [6, 6.07) is 10.3. The first-order valence-electron chi connectivity index (χ1n) is 14.1. The molecule has 9 heteroatoms. The fraction of sp³-hybridized carbons (Fsp3) is 0.500. The van der Waals surface area contributed by atoms with Crippen molar-refractivity contribution in [3.8, 4) is 5.69 Å². The number of fused-ring (bicyclic) bond motifs is 1. The van der Waals surface area contributed by atoms with E-state index in [-0.39, 0.29) is 23.9 Å². The molecule has 0 spiro atoms. The van der Waals surface area contributed by atoms with Crippen LogP contribution in [0.4, 0.5) is 8.78 Å². The van der Waals surface area contributed by atoms with Crippen LogP contribution in [0.15, 0.2) is 47.7 Å². The van der Waals surface area contributed by atoms with E-state index in [0.717, 1.165) is 59.4 Å². The van der Waals surface area contributed by atoms with Crippen molar-refractivity contribution in [2.45, 2.75) is 69.2 Å². The summed E-state index contributed by atoms with van der Waals surface area (Å²) in [5.74, 6) is -0.690. The van der Waals surface area contributed by atoms with Crippen molar-refractivity contribution in [3.63, 3.8) is 0 Å². The van der Waals surface area contributed by atoms with E-state index >= 15 is 0 Å². The van der Waals surface area contributed by atoms with Gasteiger partial charge < -0.3 is 9.55 Å². The second kappa shape index (κ2) is 8.84. The van der Waals surface area contributed by atoms with Crippen molar-refractivity contribution in [2.75, 3.05) is 13.1 Å². The number of hydrogen-bond acceptors (Lipinski definition) is 4. The minimum absolute atomic E-state index is 0.0529. The van der Waals surface area contributed by atoms with Crippen molar-refractivity contribution in [3.05, 3.63) is 75.9 Å². The molecule has 3 aromatic heterocycles. The zero-order chi connectivity index (χ0) is 26.9. The van der Waals surface area contributed by atoms with Gasteiger partial charge in [0.05, 0.1) is 12.0 Å². The van der Waals surface area contributed by atoms with Crippen LogP contribution in [-0.2, 0) is 19.0 Å². The summed E-state index contributed by atoms with van der Waals surface area (Å²) >= 11 is 0. The number of aromatic nitrogens is 5. The predicted octanol–water partition coefficient (Wildman–Crippen LogP) is 5.27. The first kappa shape index (κ1) is 24.7. The Hall–Kier alpha value is -3.33. The third-order valence-electron chi connectivity index (χ3n) is 8.98. The summed E-state index contributed by atoms with van der Waals surface area (Å²) < 4.78 is 31.8. The highest BCUT2D eigenvalue weighted by Gasteiger charge is 2.48. The highest BCUT2D eigenvalue weighted by Crippen LogP contribution is 2.51. The standard InChI is InChI=1S/C30H34F2N6O/c1-19-13-29(14-19,28-35-33-18-36(28)2)21-5-3-6-23(11-21)38-16-25(20-7-8-20)24-12-22(34-26(24)27(38)39)15-37-10-4-9-30(31,32)17-37/h3,5-6,11-12,16,18-20,34H,4,7-10,13-15,17H2,1-2H3. The predicted molar refractivity (Wildman–Crippen MR) is 146 cm³/mol. The number of benzene rings is 1. The lowest BCUT2D eigenvalue weighted by Crippen LogP contribution is -2.43. The molecule has 4 aromatic rings. The molecule has 39 heavy (non-hydrogen) atoms. The Morgan fingerprint density at radius 2 is 2.00 bits per heavy atom. The molecule has 3 aliphatic rings. The van der Waals surface area contributed by atoms with Crippen LogP contribution in [0, 0.1) is 5.92 Å². The number of H-pyrrole nitrogens is 1.